The van der Waals surface area contributed by atoms with E-state index in [0.717, 1.165) is 25.5 Å². The summed E-state index contributed by atoms with van der Waals surface area (Å²) in [5.41, 5.74) is 0. The van der Waals surface area contributed by atoms with Crippen LogP contribution in [-0.2, 0) is 22.8 Å². The molecule has 0 aromatic carbocycles. The molecule has 0 atom stereocenters. The zero-order chi connectivity index (χ0) is 13.9. The van der Waals surface area contributed by atoms with E-state index < -0.39 is 9.84 Å². The summed E-state index contributed by atoms with van der Waals surface area (Å²) in [5.74, 6) is 1.03. The van der Waals surface area contributed by atoms with Crippen LogP contribution in [0.2, 0.25) is 0 Å². The van der Waals surface area contributed by atoms with Crippen LogP contribution in [0, 0.1) is 0 Å². The molecule has 0 spiro atoms. The Morgan fingerprint density at radius 1 is 1.42 bits per heavy atom. The van der Waals surface area contributed by atoms with Gasteiger partial charge in [0.15, 0.2) is 5.82 Å². The van der Waals surface area contributed by atoms with Crippen molar-refractivity contribution < 1.29 is 12.9 Å². The van der Waals surface area contributed by atoms with Crippen LogP contribution in [0.25, 0.3) is 0 Å². The molecular formula is C11H16N4O3S. The number of nitrogens with zero attached hydrogens (tertiary/aromatic N) is 4. The van der Waals surface area contributed by atoms with Gasteiger partial charge < -0.3 is 9.09 Å². The van der Waals surface area contributed by atoms with Crippen LogP contribution < -0.4 is 0 Å². The zero-order valence-electron chi connectivity index (χ0n) is 10.9. The third kappa shape index (κ3) is 3.40. The molecule has 8 heteroatoms. The van der Waals surface area contributed by atoms with Crippen molar-refractivity contribution in [2.75, 3.05) is 6.26 Å². The van der Waals surface area contributed by atoms with Crippen LogP contribution in [0.5, 0.6) is 0 Å². The maximum Gasteiger partial charge on any atom is 0.246 e. The summed E-state index contributed by atoms with van der Waals surface area (Å²) >= 11 is 0. The van der Waals surface area contributed by atoms with E-state index in [1.165, 1.54) is 10.8 Å². The normalized spacial score (nSPS) is 11.9. The standard InChI is InChI=1S/C11H16N4O3S/c1-3-4-5-9-13-10(18-14-9)8-15-7-6-12-11(15)19(2,16)17/h6-7H,3-5,8H2,1-2H3. The first kappa shape index (κ1) is 13.7. The number of sulfone groups is 1. The molecule has 7 nitrogen and oxygen atoms in total. The topological polar surface area (TPSA) is 90.9 Å². The van der Waals surface area contributed by atoms with Gasteiger partial charge in [-0.05, 0) is 6.42 Å². The van der Waals surface area contributed by atoms with E-state index in [1.54, 1.807) is 6.20 Å². The first-order chi connectivity index (χ1) is 9.00. The van der Waals surface area contributed by atoms with Crippen LogP contribution in [-0.4, -0.2) is 34.4 Å². The molecule has 0 saturated heterocycles. The molecule has 0 bridgehead atoms. The van der Waals surface area contributed by atoms with E-state index in [-0.39, 0.29) is 11.7 Å². The Bertz CT molecular complexity index is 644. The molecule has 0 aliphatic heterocycles. The molecule has 0 aliphatic rings. The van der Waals surface area contributed by atoms with Crippen molar-refractivity contribution in [3.8, 4) is 0 Å². The maximum absolute atomic E-state index is 11.5. The van der Waals surface area contributed by atoms with E-state index >= 15 is 0 Å². The van der Waals surface area contributed by atoms with Gasteiger partial charge in [-0.15, -0.1) is 0 Å². The number of unbranched alkanes of at least 4 members (excludes halogenated alkanes) is 1. The fourth-order valence-electron chi connectivity index (χ4n) is 1.68. The number of aryl methyl sites for hydroxylation is 1. The van der Waals surface area contributed by atoms with Gasteiger partial charge in [0.1, 0.15) is 6.54 Å². The Kier molecular flexibility index (Phi) is 3.98. The summed E-state index contributed by atoms with van der Waals surface area (Å²) in [4.78, 5) is 8.05. The molecule has 0 unspecified atom stereocenters. The van der Waals surface area contributed by atoms with Crippen molar-refractivity contribution in [2.45, 2.75) is 37.9 Å². The monoisotopic (exact) mass is 284 g/mol. The Balaban J connectivity index is 2.14. The van der Waals surface area contributed by atoms with Crippen molar-refractivity contribution >= 4 is 9.84 Å². The lowest BCUT2D eigenvalue weighted by Gasteiger charge is -2.01. The third-order valence-electron chi connectivity index (χ3n) is 2.58. The highest BCUT2D eigenvalue weighted by Gasteiger charge is 2.16. The Morgan fingerprint density at radius 2 is 2.21 bits per heavy atom. The lowest BCUT2D eigenvalue weighted by Crippen LogP contribution is -2.09. The molecule has 0 radical (unpaired) electrons. The first-order valence-electron chi connectivity index (χ1n) is 6.03. The van der Waals surface area contributed by atoms with Gasteiger partial charge in [-0.3, -0.25) is 0 Å². The second-order valence-electron chi connectivity index (χ2n) is 4.32. The summed E-state index contributed by atoms with van der Waals surface area (Å²) in [6.45, 7) is 2.30. The predicted molar refractivity (Wildman–Crippen MR) is 67.3 cm³/mol. The van der Waals surface area contributed by atoms with Gasteiger partial charge in [0.2, 0.25) is 20.9 Å². The van der Waals surface area contributed by atoms with Gasteiger partial charge in [-0.2, -0.15) is 4.98 Å². The number of hydrogen-bond acceptors (Lipinski definition) is 6. The van der Waals surface area contributed by atoms with E-state index in [2.05, 4.69) is 22.0 Å². The summed E-state index contributed by atoms with van der Waals surface area (Å²) in [6.07, 6.45) is 6.95. The molecule has 0 aliphatic carbocycles. The second-order valence-corrected chi connectivity index (χ2v) is 6.23. The van der Waals surface area contributed by atoms with E-state index in [1.807, 2.05) is 0 Å². The lowest BCUT2D eigenvalue weighted by atomic mass is 10.2. The number of hydrogen-bond donors (Lipinski definition) is 0. The molecule has 0 fully saturated rings. The van der Waals surface area contributed by atoms with Gasteiger partial charge in [0, 0.05) is 25.1 Å². The van der Waals surface area contributed by atoms with Gasteiger partial charge in [-0.25, -0.2) is 13.4 Å². The van der Waals surface area contributed by atoms with Crippen LogP contribution in [0.3, 0.4) is 0 Å². The fraction of sp³-hybridized carbons (Fsp3) is 0.545. The summed E-state index contributed by atoms with van der Waals surface area (Å²) in [5, 5.41) is 3.86. The highest BCUT2D eigenvalue weighted by atomic mass is 32.2. The zero-order valence-corrected chi connectivity index (χ0v) is 11.7. The van der Waals surface area contributed by atoms with Gasteiger partial charge >= 0.3 is 0 Å². The first-order valence-corrected chi connectivity index (χ1v) is 7.92. The number of aromatic nitrogens is 4. The lowest BCUT2D eigenvalue weighted by molar-refractivity contribution is 0.362. The van der Waals surface area contributed by atoms with Crippen LogP contribution >= 0.6 is 0 Å². The number of imidazole rings is 1. The summed E-state index contributed by atoms with van der Waals surface area (Å²) in [6, 6.07) is 0. The molecule has 2 aromatic heterocycles. The molecule has 2 rings (SSSR count). The quantitative estimate of drug-likeness (QED) is 0.787. The SMILES string of the molecule is CCCCc1noc(Cn2ccnc2S(C)(=O)=O)n1. The molecule has 2 aromatic rings. The highest BCUT2D eigenvalue weighted by molar-refractivity contribution is 7.90. The average molecular weight is 284 g/mol. The maximum atomic E-state index is 11.5. The molecule has 2 heterocycles. The number of rotatable bonds is 6. The molecule has 0 saturated carbocycles. The highest BCUT2D eigenvalue weighted by Crippen LogP contribution is 2.09. The Morgan fingerprint density at radius 3 is 2.89 bits per heavy atom. The average Bonchev–Trinajstić information content (AvgIpc) is 2.95. The van der Waals surface area contributed by atoms with E-state index in [9.17, 15) is 8.42 Å². The van der Waals surface area contributed by atoms with Crippen molar-refractivity contribution in [1.82, 2.24) is 19.7 Å². The molecular weight excluding hydrogens is 268 g/mol. The minimum Gasteiger partial charge on any atom is -0.337 e. The van der Waals surface area contributed by atoms with Crippen molar-refractivity contribution in [3.63, 3.8) is 0 Å². The Labute approximate surface area is 111 Å². The van der Waals surface area contributed by atoms with Gasteiger partial charge in [0.05, 0.1) is 0 Å². The van der Waals surface area contributed by atoms with Gasteiger partial charge in [-0.1, -0.05) is 18.5 Å². The summed E-state index contributed by atoms with van der Waals surface area (Å²) in [7, 11) is -3.36. The van der Waals surface area contributed by atoms with Crippen LogP contribution in [0.4, 0.5) is 0 Å². The third-order valence-corrected chi connectivity index (χ3v) is 3.58. The smallest absolute Gasteiger partial charge is 0.246 e. The largest absolute Gasteiger partial charge is 0.337 e. The Hall–Kier alpha value is -1.70. The minimum atomic E-state index is -3.36. The van der Waals surface area contributed by atoms with E-state index in [0.29, 0.717) is 11.7 Å². The predicted octanol–water partition coefficient (Wildman–Crippen LogP) is 1.06. The summed E-state index contributed by atoms with van der Waals surface area (Å²) < 4.78 is 29.6. The molecule has 0 amide bonds. The minimum absolute atomic E-state index is 0.000748. The van der Waals surface area contributed by atoms with Crippen molar-refractivity contribution in [1.29, 1.82) is 0 Å². The second kappa shape index (κ2) is 5.52. The van der Waals surface area contributed by atoms with Crippen molar-refractivity contribution in [2.24, 2.45) is 0 Å². The van der Waals surface area contributed by atoms with Crippen LogP contribution in [0.1, 0.15) is 31.5 Å². The fourth-order valence-corrected chi connectivity index (χ4v) is 2.48. The van der Waals surface area contributed by atoms with Gasteiger partial charge in [0.25, 0.3) is 0 Å². The van der Waals surface area contributed by atoms with Crippen LogP contribution in [0.15, 0.2) is 22.1 Å². The molecule has 19 heavy (non-hydrogen) atoms. The molecule has 104 valence electrons. The molecule has 0 N–H and O–H groups in total. The van der Waals surface area contributed by atoms with E-state index in [4.69, 9.17) is 4.52 Å². The van der Waals surface area contributed by atoms with Crippen molar-refractivity contribution in [3.05, 3.63) is 24.1 Å².